The number of alkyl halides is 3. The van der Waals surface area contributed by atoms with Crippen LogP contribution in [0.2, 0.25) is 0 Å². The standard InChI is InChI=1S/C26H18F3N5O5/c1-14-6-2-3-7-16(14)32-25(37)23-20(30-17-8-4-5-9-18(17)31-23)13-22(35)24(36)33-19-11-10-15(26(27,28)29)12-21(19)34(38)39/h2-12H,13H2,1H3,(H,32,37)(H,33,36). The maximum atomic E-state index is 13.1. The first-order chi connectivity index (χ1) is 18.4. The Labute approximate surface area is 218 Å². The largest absolute Gasteiger partial charge is 0.416 e. The predicted molar refractivity (Wildman–Crippen MR) is 134 cm³/mol. The van der Waals surface area contributed by atoms with E-state index in [1.165, 1.54) is 0 Å². The molecule has 10 nitrogen and oxygen atoms in total. The van der Waals surface area contributed by atoms with Crippen LogP contribution in [0, 0.1) is 17.0 Å². The van der Waals surface area contributed by atoms with Crippen molar-refractivity contribution < 1.29 is 32.5 Å². The van der Waals surface area contributed by atoms with Crippen molar-refractivity contribution in [3.8, 4) is 0 Å². The van der Waals surface area contributed by atoms with E-state index >= 15 is 0 Å². The molecular weight excluding hydrogens is 519 g/mol. The average Bonchev–Trinajstić information content (AvgIpc) is 2.89. The number of aryl methyl sites for hydroxylation is 1. The summed E-state index contributed by atoms with van der Waals surface area (Å²) in [5.41, 5.74) is -1.37. The molecule has 1 aromatic heterocycles. The maximum Gasteiger partial charge on any atom is 0.416 e. The summed E-state index contributed by atoms with van der Waals surface area (Å²) in [4.78, 5) is 57.3. The van der Waals surface area contributed by atoms with Crippen molar-refractivity contribution in [2.24, 2.45) is 0 Å². The fraction of sp³-hybridized carbons (Fsp3) is 0.115. The summed E-state index contributed by atoms with van der Waals surface area (Å²) in [5, 5.41) is 16.0. The molecule has 0 saturated heterocycles. The first kappa shape index (κ1) is 26.9. The number of ketones is 1. The summed E-state index contributed by atoms with van der Waals surface area (Å²) in [6, 6.07) is 14.9. The molecule has 0 aliphatic carbocycles. The number of para-hydroxylation sites is 3. The smallest absolute Gasteiger partial charge is 0.320 e. The van der Waals surface area contributed by atoms with Crippen molar-refractivity contribution in [1.82, 2.24) is 9.97 Å². The van der Waals surface area contributed by atoms with Crippen molar-refractivity contribution in [1.29, 1.82) is 0 Å². The SMILES string of the molecule is Cc1ccccc1NC(=O)c1nc2ccccc2nc1CC(=O)C(=O)Nc1ccc(C(F)(F)F)cc1[N+](=O)[O-]. The van der Waals surface area contributed by atoms with Gasteiger partial charge in [0.2, 0.25) is 5.78 Å². The number of nitrogens with zero attached hydrogens (tertiary/aromatic N) is 3. The second-order valence-corrected chi connectivity index (χ2v) is 8.32. The molecule has 198 valence electrons. The lowest BCUT2D eigenvalue weighted by Gasteiger charge is -2.12. The highest BCUT2D eigenvalue weighted by Gasteiger charge is 2.33. The van der Waals surface area contributed by atoms with Crippen LogP contribution >= 0.6 is 0 Å². The monoisotopic (exact) mass is 537 g/mol. The molecule has 4 rings (SSSR count). The Bertz CT molecular complexity index is 1640. The summed E-state index contributed by atoms with van der Waals surface area (Å²) < 4.78 is 38.9. The number of hydrogen-bond acceptors (Lipinski definition) is 7. The molecule has 3 aromatic carbocycles. The highest BCUT2D eigenvalue weighted by molar-refractivity contribution is 6.41. The molecule has 0 atom stereocenters. The van der Waals surface area contributed by atoms with Gasteiger partial charge in [-0.2, -0.15) is 13.2 Å². The van der Waals surface area contributed by atoms with Gasteiger partial charge in [-0.25, -0.2) is 9.97 Å². The van der Waals surface area contributed by atoms with E-state index in [1.54, 1.807) is 55.5 Å². The van der Waals surface area contributed by atoms with Crippen molar-refractivity contribution in [3.63, 3.8) is 0 Å². The number of anilines is 2. The summed E-state index contributed by atoms with van der Waals surface area (Å²) in [5.74, 6) is -3.19. The molecule has 4 aromatic rings. The highest BCUT2D eigenvalue weighted by atomic mass is 19.4. The van der Waals surface area contributed by atoms with E-state index in [2.05, 4.69) is 15.3 Å². The third kappa shape index (κ3) is 6.04. The van der Waals surface area contributed by atoms with Gasteiger partial charge in [-0.3, -0.25) is 24.5 Å². The van der Waals surface area contributed by atoms with Crippen LogP contribution in [0.5, 0.6) is 0 Å². The number of carbonyl (C=O) groups excluding carboxylic acids is 3. The number of hydrogen-bond donors (Lipinski definition) is 2. The molecule has 0 saturated carbocycles. The third-order valence-electron chi connectivity index (χ3n) is 5.60. The number of amides is 2. The molecule has 1 heterocycles. The number of Topliss-reactive ketones (excluding diaryl/α,β-unsaturated/α-hetero) is 1. The van der Waals surface area contributed by atoms with Gasteiger partial charge >= 0.3 is 6.18 Å². The zero-order valence-corrected chi connectivity index (χ0v) is 20.1. The minimum Gasteiger partial charge on any atom is -0.320 e. The summed E-state index contributed by atoms with van der Waals surface area (Å²) in [6.07, 6.45) is -5.57. The van der Waals surface area contributed by atoms with Crippen molar-refractivity contribution in [3.05, 3.63) is 99.4 Å². The molecule has 0 radical (unpaired) electrons. The lowest BCUT2D eigenvalue weighted by molar-refractivity contribution is -0.384. The molecule has 13 heteroatoms. The van der Waals surface area contributed by atoms with Gasteiger partial charge in [0.1, 0.15) is 5.69 Å². The number of aromatic nitrogens is 2. The number of halogens is 3. The van der Waals surface area contributed by atoms with Crippen LogP contribution in [0.15, 0.2) is 66.7 Å². The molecule has 0 aliphatic heterocycles. The average molecular weight is 537 g/mol. The Morgan fingerprint density at radius 1 is 0.897 bits per heavy atom. The lowest BCUT2D eigenvalue weighted by atomic mass is 10.1. The molecule has 0 fully saturated rings. The van der Waals surface area contributed by atoms with Crippen LogP contribution in [-0.2, 0) is 22.2 Å². The Morgan fingerprint density at radius 3 is 2.18 bits per heavy atom. The summed E-state index contributed by atoms with van der Waals surface area (Å²) in [6.45, 7) is 1.77. The minimum absolute atomic E-state index is 0.137. The maximum absolute atomic E-state index is 13.1. The minimum atomic E-state index is -4.85. The quantitative estimate of drug-likeness (QED) is 0.194. The second kappa shape index (κ2) is 10.7. The van der Waals surface area contributed by atoms with Gasteiger partial charge in [0, 0.05) is 11.8 Å². The van der Waals surface area contributed by atoms with Crippen molar-refractivity contribution >= 4 is 45.7 Å². The van der Waals surface area contributed by atoms with Gasteiger partial charge in [-0.1, -0.05) is 30.3 Å². The molecule has 0 spiro atoms. The Balaban J connectivity index is 1.62. The Hall–Kier alpha value is -5.20. The zero-order chi connectivity index (χ0) is 28.3. The van der Waals surface area contributed by atoms with Crippen LogP contribution in [0.1, 0.15) is 27.3 Å². The lowest BCUT2D eigenvalue weighted by Crippen LogP contribution is -2.27. The number of nitro benzene ring substituents is 1. The topological polar surface area (TPSA) is 144 Å². The molecule has 39 heavy (non-hydrogen) atoms. The number of fused-ring (bicyclic) bond motifs is 1. The highest BCUT2D eigenvalue weighted by Crippen LogP contribution is 2.35. The first-order valence-electron chi connectivity index (χ1n) is 11.3. The van der Waals surface area contributed by atoms with E-state index < -0.39 is 52.1 Å². The van der Waals surface area contributed by atoms with E-state index in [0.29, 0.717) is 28.9 Å². The molecule has 2 N–H and O–H groups in total. The van der Waals surface area contributed by atoms with Gasteiger partial charge in [0.25, 0.3) is 17.5 Å². The van der Waals surface area contributed by atoms with Gasteiger partial charge in [0.15, 0.2) is 5.69 Å². The van der Waals surface area contributed by atoms with E-state index in [0.717, 1.165) is 5.56 Å². The van der Waals surface area contributed by atoms with E-state index in [4.69, 9.17) is 0 Å². The number of nitrogens with one attached hydrogen (secondary N) is 2. The normalized spacial score (nSPS) is 11.2. The fourth-order valence-corrected chi connectivity index (χ4v) is 3.63. The van der Waals surface area contributed by atoms with Crippen LogP contribution in [0.25, 0.3) is 11.0 Å². The Kier molecular flexibility index (Phi) is 7.33. The summed E-state index contributed by atoms with van der Waals surface area (Å²) >= 11 is 0. The van der Waals surface area contributed by atoms with Gasteiger partial charge in [0.05, 0.1) is 33.6 Å². The molecule has 0 bridgehead atoms. The molecule has 0 unspecified atom stereocenters. The van der Waals surface area contributed by atoms with Crippen molar-refractivity contribution in [2.45, 2.75) is 19.5 Å². The van der Waals surface area contributed by atoms with Crippen LogP contribution < -0.4 is 10.6 Å². The van der Waals surface area contributed by atoms with Crippen LogP contribution in [-0.4, -0.2) is 32.5 Å². The third-order valence-corrected chi connectivity index (χ3v) is 5.60. The van der Waals surface area contributed by atoms with E-state index in [-0.39, 0.29) is 17.5 Å². The molecular formula is C26H18F3N5O5. The number of rotatable bonds is 7. The summed E-state index contributed by atoms with van der Waals surface area (Å²) in [7, 11) is 0. The van der Waals surface area contributed by atoms with Crippen LogP contribution in [0.3, 0.4) is 0 Å². The van der Waals surface area contributed by atoms with Gasteiger partial charge < -0.3 is 10.6 Å². The van der Waals surface area contributed by atoms with E-state index in [9.17, 15) is 37.7 Å². The number of benzene rings is 3. The Morgan fingerprint density at radius 2 is 1.54 bits per heavy atom. The zero-order valence-electron chi connectivity index (χ0n) is 20.1. The first-order valence-corrected chi connectivity index (χ1v) is 11.3. The van der Waals surface area contributed by atoms with Gasteiger partial charge in [-0.15, -0.1) is 0 Å². The van der Waals surface area contributed by atoms with E-state index in [1.807, 2.05) is 5.32 Å². The van der Waals surface area contributed by atoms with Gasteiger partial charge in [-0.05, 0) is 42.8 Å². The number of carbonyl (C=O) groups is 3. The van der Waals surface area contributed by atoms with Crippen LogP contribution in [0.4, 0.5) is 30.2 Å². The fourth-order valence-electron chi connectivity index (χ4n) is 3.63. The van der Waals surface area contributed by atoms with Crippen molar-refractivity contribution in [2.75, 3.05) is 10.6 Å². The number of nitro groups is 1. The molecule has 2 amide bonds. The second-order valence-electron chi connectivity index (χ2n) is 8.32. The molecule has 0 aliphatic rings. The predicted octanol–water partition coefficient (Wildman–Crippen LogP) is 4.87.